The Morgan fingerprint density at radius 1 is 1.29 bits per heavy atom. The van der Waals surface area contributed by atoms with E-state index < -0.39 is 5.97 Å². The van der Waals surface area contributed by atoms with E-state index in [-0.39, 0.29) is 12.2 Å². The van der Waals surface area contributed by atoms with E-state index in [2.05, 4.69) is 5.32 Å². The van der Waals surface area contributed by atoms with Crippen molar-refractivity contribution >= 4 is 5.97 Å². The minimum Gasteiger partial charge on any atom is -0.481 e. The SMILES string of the molecule is O=C(O)CCCCNCCc1cccc(F)c1. The zero-order valence-corrected chi connectivity index (χ0v) is 9.79. The summed E-state index contributed by atoms with van der Waals surface area (Å²) in [6, 6.07) is 6.57. The van der Waals surface area contributed by atoms with Crippen LogP contribution < -0.4 is 5.32 Å². The van der Waals surface area contributed by atoms with E-state index in [1.54, 1.807) is 6.07 Å². The maximum Gasteiger partial charge on any atom is 0.303 e. The molecule has 2 N–H and O–H groups in total. The highest BCUT2D eigenvalue weighted by Gasteiger charge is 1.97. The van der Waals surface area contributed by atoms with Gasteiger partial charge in [0, 0.05) is 6.42 Å². The summed E-state index contributed by atoms with van der Waals surface area (Å²) in [5, 5.41) is 11.6. The Hall–Kier alpha value is -1.42. The zero-order valence-electron chi connectivity index (χ0n) is 9.79. The van der Waals surface area contributed by atoms with Crippen molar-refractivity contribution in [3.63, 3.8) is 0 Å². The Morgan fingerprint density at radius 2 is 2.12 bits per heavy atom. The number of aliphatic carboxylic acids is 1. The third kappa shape index (κ3) is 6.68. The molecule has 3 nitrogen and oxygen atoms in total. The van der Waals surface area contributed by atoms with Crippen molar-refractivity contribution in [3.05, 3.63) is 35.6 Å². The van der Waals surface area contributed by atoms with Crippen LogP contribution in [-0.2, 0) is 11.2 Å². The summed E-state index contributed by atoms with van der Waals surface area (Å²) in [5.41, 5.74) is 0.975. The molecule has 94 valence electrons. The second-order valence-corrected chi connectivity index (χ2v) is 3.98. The normalized spacial score (nSPS) is 10.4. The molecule has 0 saturated heterocycles. The molecule has 0 aliphatic carbocycles. The maximum atomic E-state index is 12.8. The van der Waals surface area contributed by atoms with Gasteiger partial charge in [-0.3, -0.25) is 4.79 Å². The standard InChI is InChI=1S/C13H18FNO2/c14-12-5-3-4-11(10-12)7-9-15-8-2-1-6-13(16)17/h3-5,10,15H,1-2,6-9H2,(H,16,17). The van der Waals surface area contributed by atoms with Crippen molar-refractivity contribution in [3.8, 4) is 0 Å². The Morgan fingerprint density at radius 3 is 2.82 bits per heavy atom. The van der Waals surface area contributed by atoms with Crippen LogP contribution in [0.25, 0.3) is 0 Å². The van der Waals surface area contributed by atoms with Gasteiger partial charge in [-0.25, -0.2) is 4.39 Å². The minimum absolute atomic E-state index is 0.205. The number of hydrogen-bond donors (Lipinski definition) is 2. The van der Waals surface area contributed by atoms with Crippen LogP contribution in [0.5, 0.6) is 0 Å². The van der Waals surface area contributed by atoms with Crippen LogP contribution in [0.1, 0.15) is 24.8 Å². The lowest BCUT2D eigenvalue weighted by Crippen LogP contribution is -2.18. The fraction of sp³-hybridized carbons (Fsp3) is 0.462. The van der Waals surface area contributed by atoms with Gasteiger partial charge in [0.2, 0.25) is 0 Å². The molecule has 0 heterocycles. The smallest absolute Gasteiger partial charge is 0.303 e. The Kier molecular flexibility index (Phi) is 6.25. The van der Waals surface area contributed by atoms with Crippen molar-refractivity contribution in [2.45, 2.75) is 25.7 Å². The van der Waals surface area contributed by atoms with E-state index >= 15 is 0 Å². The van der Waals surface area contributed by atoms with Crippen LogP contribution >= 0.6 is 0 Å². The maximum absolute atomic E-state index is 12.8. The second kappa shape index (κ2) is 7.79. The summed E-state index contributed by atoms with van der Waals surface area (Å²) in [4.78, 5) is 10.2. The monoisotopic (exact) mass is 239 g/mol. The molecule has 0 aliphatic rings. The van der Waals surface area contributed by atoms with E-state index in [0.29, 0.717) is 6.42 Å². The van der Waals surface area contributed by atoms with Crippen LogP contribution in [0, 0.1) is 5.82 Å². The van der Waals surface area contributed by atoms with Gasteiger partial charge in [0.15, 0.2) is 0 Å². The summed E-state index contributed by atoms with van der Waals surface area (Å²) >= 11 is 0. The number of nitrogens with one attached hydrogen (secondary N) is 1. The van der Waals surface area contributed by atoms with Crippen LogP contribution in [0.3, 0.4) is 0 Å². The fourth-order valence-corrected chi connectivity index (χ4v) is 1.58. The van der Waals surface area contributed by atoms with E-state index in [1.165, 1.54) is 12.1 Å². The first kappa shape index (κ1) is 13.6. The van der Waals surface area contributed by atoms with Crippen LogP contribution in [0.2, 0.25) is 0 Å². The van der Waals surface area contributed by atoms with E-state index in [0.717, 1.165) is 31.5 Å². The average molecular weight is 239 g/mol. The topological polar surface area (TPSA) is 49.3 Å². The molecular weight excluding hydrogens is 221 g/mol. The first-order valence-corrected chi connectivity index (χ1v) is 5.85. The number of carboxylic acids is 1. The lowest BCUT2D eigenvalue weighted by atomic mass is 10.1. The van der Waals surface area contributed by atoms with E-state index in [9.17, 15) is 9.18 Å². The Balaban J connectivity index is 2.03. The van der Waals surface area contributed by atoms with Gasteiger partial charge in [-0.1, -0.05) is 12.1 Å². The van der Waals surface area contributed by atoms with Crippen LogP contribution in [0.15, 0.2) is 24.3 Å². The summed E-state index contributed by atoms with van der Waals surface area (Å²) in [7, 11) is 0. The fourth-order valence-electron chi connectivity index (χ4n) is 1.58. The number of unbranched alkanes of at least 4 members (excludes halogenated alkanes) is 1. The van der Waals surface area contributed by atoms with E-state index in [1.807, 2.05) is 6.07 Å². The third-order valence-corrected chi connectivity index (χ3v) is 2.47. The molecule has 1 aromatic carbocycles. The number of carboxylic acid groups (broad SMARTS) is 1. The molecule has 0 aliphatic heterocycles. The van der Waals surface area contributed by atoms with E-state index in [4.69, 9.17) is 5.11 Å². The van der Waals surface area contributed by atoms with Gasteiger partial charge < -0.3 is 10.4 Å². The molecule has 0 amide bonds. The van der Waals surface area contributed by atoms with Crippen molar-refractivity contribution < 1.29 is 14.3 Å². The quantitative estimate of drug-likeness (QED) is 0.684. The van der Waals surface area contributed by atoms with Gasteiger partial charge in [-0.05, 0) is 50.0 Å². The molecule has 1 rings (SSSR count). The van der Waals surface area contributed by atoms with Gasteiger partial charge in [-0.15, -0.1) is 0 Å². The highest BCUT2D eigenvalue weighted by molar-refractivity contribution is 5.66. The predicted molar refractivity (Wildman–Crippen MR) is 64.5 cm³/mol. The Bertz CT molecular complexity index is 355. The number of carbonyl (C=O) groups is 1. The molecule has 17 heavy (non-hydrogen) atoms. The molecule has 0 radical (unpaired) electrons. The lowest BCUT2D eigenvalue weighted by Gasteiger charge is -2.04. The summed E-state index contributed by atoms with van der Waals surface area (Å²) < 4.78 is 12.8. The average Bonchev–Trinajstić information content (AvgIpc) is 2.27. The van der Waals surface area contributed by atoms with Crippen molar-refractivity contribution in [1.29, 1.82) is 0 Å². The highest BCUT2D eigenvalue weighted by Crippen LogP contribution is 2.03. The number of hydrogen-bond acceptors (Lipinski definition) is 2. The number of benzene rings is 1. The molecule has 0 atom stereocenters. The summed E-state index contributed by atoms with van der Waals surface area (Å²) in [6.07, 6.45) is 2.57. The summed E-state index contributed by atoms with van der Waals surface area (Å²) in [6.45, 7) is 1.60. The Labute approximate surface area is 101 Å². The van der Waals surface area contributed by atoms with Crippen molar-refractivity contribution in [1.82, 2.24) is 5.32 Å². The first-order chi connectivity index (χ1) is 8.18. The highest BCUT2D eigenvalue weighted by atomic mass is 19.1. The van der Waals surface area contributed by atoms with Crippen LogP contribution in [-0.4, -0.2) is 24.2 Å². The molecule has 0 saturated carbocycles. The predicted octanol–water partition coefficient (Wildman–Crippen LogP) is 2.21. The molecule has 0 aromatic heterocycles. The molecule has 1 aromatic rings. The molecule has 0 bridgehead atoms. The summed E-state index contributed by atoms with van der Waals surface area (Å²) in [5.74, 6) is -0.950. The largest absolute Gasteiger partial charge is 0.481 e. The lowest BCUT2D eigenvalue weighted by molar-refractivity contribution is -0.137. The van der Waals surface area contributed by atoms with Gasteiger partial charge in [0.25, 0.3) is 0 Å². The van der Waals surface area contributed by atoms with Crippen LogP contribution in [0.4, 0.5) is 4.39 Å². The minimum atomic E-state index is -0.746. The van der Waals surface area contributed by atoms with Gasteiger partial charge in [0.1, 0.15) is 5.82 Å². The molecule has 4 heteroatoms. The first-order valence-electron chi connectivity index (χ1n) is 5.85. The number of halogens is 1. The van der Waals surface area contributed by atoms with Gasteiger partial charge in [0.05, 0.1) is 0 Å². The zero-order chi connectivity index (χ0) is 12.5. The molecule has 0 unspecified atom stereocenters. The van der Waals surface area contributed by atoms with Crippen molar-refractivity contribution in [2.75, 3.05) is 13.1 Å². The van der Waals surface area contributed by atoms with Crippen molar-refractivity contribution in [2.24, 2.45) is 0 Å². The molecule has 0 spiro atoms. The number of rotatable bonds is 8. The molecule has 0 fully saturated rings. The van der Waals surface area contributed by atoms with Gasteiger partial charge in [-0.2, -0.15) is 0 Å². The third-order valence-electron chi connectivity index (χ3n) is 2.47. The second-order valence-electron chi connectivity index (χ2n) is 3.98. The van der Waals surface area contributed by atoms with Gasteiger partial charge >= 0.3 is 5.97 Å². The molecular formula is C13H18FNO2.